The normalized spacial score (nSPS) is 20.0. The minimum Gasteiger partial charge on any atom is -0.357 e. The van der Waals surface area contributed by atoms with Gasteiger partial charge in [-0.2, -0.15) is 11.8 Å². The predicted molar refractivity (Wildman–Crippen MR) is 135 cm³/mol. The largest absolute Gasteiger partial charge is 0.357 e. The van der Waals surface area contributed by atoms with Crippen LogP contribution in [0.25, 0.3) is 0 Å². The molecular formula is C20H34IN7OS. The molecule has 0 aliphatic carbocycles. The molecule has 0 radical (unpaired) electrons. The number of hydrogen-bond donors (Lipinski definition) is 1. The van der Waals surface area contributed by atoms with Crippen LogP contribution in [-0.4, -0.2) is 95.0 Å². The number of guanidine groups is 1. The van der Waals surface area contributed by atoms with Gasteiger partial charge in [0.2, 0.25) is 11.9 Å². The van der Waals surface area contributed by atoms with Crippen LogP contribution in [0.1, 0.15) is 26.7 Å². The molecule has 0 saturated carbocycles. The molecule has 1 amide bonds. The van der Waals surface area contributed by atoms with E-state index in [1.54, 1.807) is 12.4 Å². The number of halogens is 1. The zero-order valence-electron chi connectivity index (χ0n) is 18.0. The number of carbonyl (C=O) groups excluding carboxylic acids is 1. The summed E-state index contributed by atoms with van der Waals surface area (Å²) < 4.78 is 0. The number of aromatic nitrogens is 2. The van der Waals surface area contributed by atoms with Crippen LogP contribution in [0.5, 0.6) is 0 Å². The van der Waals surface area contributed by atoms with Crippen molar-refractivity contribution in [2.45, 2.75) is 31.9 Å². The van der Waals surface area contributed by atoms with Gasteiger partial charge in [0, 0.05) is 75.6 Å². The Labute approximate surface area is 201 Å². The van der Waals surface area contributed by atoms with Gasteiger partial charge in [0.1, 0.15) is 0 Å². The summed E-state index contributed by atoms with van der Waals surface area (Å²) in [7, 11) is 0. The summed E-state index contributed by atoms with van der Waals surface area (Å²) in [4.78, 5) is 32.4. The number of rotatable bonds is 6. The summed E-state index contributed by atoms with van der Waals surface area (Å²) in [5.74, 6) is 3.01. The van der Waals surface area contributed by atoms with Gasteiger partial charge in [0.15, 0.2) is 5.96 Å². The predicted octanol–water partition coefficient (Wildman–Crippen LogP) is 1.93. The Morgan fingerprint density at radius 3 is 2.57 bits per heavy atom. The highest BCUT2D eigenvalue weighted by molar-refractivity contribution is 14.0. The number of nitrogens with zero attached hydrogens (tertiary/aromatic N) is 6. The summed E-state index contributed by atoms with van der Waals surface area (Å²) >= 11 is 2.05. The molecule has 10 heteroatoms. The van der Waals surface area contributed by atoms with Gasteiger partial charge < -0.3 is 20.0 Å². The third-order valence-corrected chi connectivity index (χ3v) is 6.66. The van der Waals surface area contributed by atoms with Crippen molar-refractivity contribution < 1.29 is 4.79 Å². The minimum absolute atomic E-state index is 0. The number of anilines is 1. The lowest BCUT2D eigenvalue weighted by Crippen LogP contribution is -2.49. The van der Waals surface area contributed by atoms with Gasteiger partial charge >= 0.3 is 0 Å². The standard InChI is InChI=1S/C20H33N7OS.HI/c1-3-17-16-27(14-15-29-17)19(21-4-2)24-9-6-18(28)25-10-12-26(13-11-25)20-22-7-5-8-23-20;/h5,7-8,17H,3-4,6,9-16H2,1-2H3,(H,21,24);1H. The Balaban J connectivity index is 0.00000320. The Bertz CT molecular complexity index is 670. The first-order valence-corrected chi connectivity index (χ1v) is 11.7. The van der Waals surface area contributed by atoms with E-state index in [-0.39, 0.29) is 29.9 Å². The Morgan fingerprint density at radius 2 is 1.90 bits per heavy atom. The molecule has 30 heavy (non-hydrogen) atoms. The Kier molecular flexibility index (Phi) is 11.0. The number of nitrogens with one attached hydrogen (secondary N) is 1. The molecule has 2 fully saturated rings. The van der Waals surface area contributed by atoms with Crippen LogP contribution in [0.4, 0.5) is 5.95 Å². The third-order valence-electron chi connectivity index (χ3n) is 5.28. The van der Waals surface area contributed by atoms with E-state index in [0.29, 0.717) is 31.3 Å². The maximum Gasteiger partial charge on any atom is 0.225 e. The fourth-order valence-electron chi connectivity index (χ4n) is 3.61. The molecule has 1 aromatic rings. The van der Waals surface area contributed by atoms with Gasteiger partial charge in [-0.25, -0.2) is 9.97 Å². The minimum atomic E-state index is 0. The van der Waals surface area contributed by atoms with Gasteiger partial charge in [-0.05, 0) is 19.4 Å². The zero-order valence-corrected chi connectivity index (χ0v) is 21.1. The molecule has 1 aromatic heterocycles. The molecule has 1 unspecified atom stereocenters. The quantitative estimate of drug-likeness (QED) is 0.332. The van der Waals surface area contributed by atoms with Crippen LogP contribution in [0.2, 0.25) is 0 Å². The molecule has 3 heterocycles. The highest BCUT2D eigenvalue weighted by atomic mass is 127. The lowest BCUT2D eigenvalue weighted by molar-refractivity contribution is -0.131. The molecule has 8 nitrogen and oxygen atoms in total. The molecule has 3 rings (SSSR count). The molecule has 0 spiro atoms. The van der Waals surface area contributed by atoms with E-state index in [9.17, 15) is 4.79 Å². The van der Waals surface area contributed by atoms with Gasteiger partial charge in [-0.1, -0.05) is 6.92 Å². The first kappa shape index (κ1) is 25.0. The second-order valence-corrected chi connectivity index (χ2v) is 8.66. The Morgan fingerprint density at radius 1 is 1.17 bits per heavy atom. The lowest BCUT2D eigenvalue weighted by atomic mass is 10.3. The highest BCUT2D eigenvalue weighted by Gasteiger charge is 2.23. The summed E-state index contributed by atoms with van der Waals surface area (Å²) in [6.45, 7) is 10.7. The summed E-state index contributed by atoms with van der Waals surface area (Å²) in [5, 5.41) is 4.06. The van der Waals surface area contributed by atoms with E-state index in [0.717, 1.165) is 50.4 Å². The Hall–Kier alpha value is -1.30. The maximum atomic E-state index is 12.6. The van der Waals surface area contributed by atoms with Crippen LogP contribution in [0.15, 0.2) is 23.5 Å². The van der Waals surface area contributed by atoms with Gasteiger partial charge in [0.25, 0.3) is 0 Å². The molecule has 2 aliphatic heterocycles. The van der Waals surface area contributed by atoms with E-state index < -0.39 is 0 Å². The van der Waals surface area contributed by atoms with Crippen molar-refractivity contribution in [2.24, 2.45) is 4.99 Å². The topological polar surface area (TPSA) is 77.0 Å². The fraction of sp³-hybridized carbons (Fsp3) is 0.700. The van der Waals surface area contributed by atoms with E-state index >= 15 is 0 Å². The summed E-state index contributed by atoms with van der Waals surface area (Å²) in [6.07, 6.45) is 5.14. The first-order chi connectivity index (χ1) is 14.2. The molecule has 2 saturated heterocycles. The number of hydrogen-bond acceptors (Lipinski definition) is 6. The van der Waals surface area contributed by atoms with Crippen molar-refractivity contribution in [3.8, 4) is 0 Å². The lowest BCUT2D eigenvalue weighted by Gasteiger charge is -2.35. The third kappa shape index (κ3) is 7.14. The molecular weight excluding hydrogens is 513 g/mol. The van der Waals surface area contributed by atoms with Crippen LogP contribution in [0.3, 0.4) is 0 Å². The highest BCUT2D eigenvalue weighted by Crippen LogP contribution is 2.21. The molecule has 0 aromatic carbocycles. The fourth-order valence-corrected chi connectivity index (χ4v) is 4.79. The zero-order chi connectivity index (χ0) is 20.5. The van der Waals surface area contributed by atoms with Crippen molar-refractivity contribution in [3.63, 3.8) is 0 Å². The second-order valence-electron chi connectivity index (χ2n) is 7.25. The van der Waals surface area contributed by atoms with Crippen molar-refractivity contribution in [1.82, 2.24) is 25.1 Å². The first-order valence-electron chi connectivity index (χ1n) is 10.7. The smallest absolute Gasteiger partial charge is 0.225 e. The van der Waals surface area contributed by atoms with Crippen LogP contribution < -0.4 is 10.2 Å². The van der Waals surface area contributed by atoms with E-state index in [4.69, 9.17) is 4.99 Å². The second kappa shape index (κ2) is 13.2. The van der Waals surface area contributed by atoms with Crippen LogP contribution in [0, 0.1) is 0 Å². The average Bonchev–Trinajstić information content (AvgIpc) is 2.79. The van der Waals surface area contributed by atoms with Crippen molar-refractivity contribution in [2.75, 3.05) is 63.0 Å². The maximum absolute atomic E-state index is 12.6. The number of thioether (sulfide) groups is 1. The van der Waals surface area contributed by atoms with Crippen LogP contribution >= 0.6 is 35.7 Å². The number of piperazine rings is 1. The van der Waals surface area contributed by atoms with Gasteiger partial charge in [-0.15, -0.1) is 24.0 Å². The molecule has 1 N–H and O–H groups in total. The SMILES string of the molecule is CCNC(=NCCC(=O)N1CCN(c2ncccn2)CC1)N1CCSC(CC)C1.I. The van der Waals surface area contributed by atoms with Gasteiger partial charge in [0.05, 0.1) is 6.54 Å². The number of aliphatic imine (C=N–C) groups is 1. The number of carbonyl (C=O) groups is 1. The monoisotopic (exact) mass is 547 g/mol. The van der Waals surface area contributed by atoms with Crippen LogP contribution in [-0.2, 0) is 4.79 Å². The van der Waals surface area contributed by atoms with Crippen molar-refractivity contribution >= 4 is 53.6 Å². The average molecular weight is 548 g/mol. The van der Waals surface area contributed by atoms with Crippen molar-refractivity contribution in [1.29, 1.82) is 0 Å². The van der Waals surface area contributed by atoms with E-state index in [1.807, 2.05) is 11.0 Å². The molecule has 1 atom stereocenters. The molecule has 168 valence electrons. The van der Waals surface area contributed by atoms with E-state index in [2.05, 4.69) is 50.7 Å². The van der Waals surface area contributed by atoms with Crippen molar-refractivity contribution in [3.05, 3.63) is 18.5 Å². The number of amides is 1. The summed E-state index contributed by atoms with van der Waals surface area (Å²) in [6, 6.07) is 1.82. The van der Waals surface area contributed by atoms with E-state index in [1.165, 1.54) is 6.42 Å². The summed E-state index contributed by atoms with van der Waals surface area (Å²) in [5.41, 5.74) is 0. The molecule has 2 aliphatic rings. The van der Waals surface area contributed by atoms with Gasteiger partial charge in [-0.3, -0.25) is 9.79 Å². The molecule has 0 bridgehead atoms.